The van der Waals surface area contributed by atoms with Crippen LogP contribution in [-0.2, 0) is 4.79 Å². The molecule has 2 rings (SSSR count). The van der Waals surface area contributed by atoms with Gasteiger partial charge in [-0.1, -0.05) is 0 Å². The SMILES string of the molecule is NC(=O)CCCCC(O)c1nc(-c2ccc(O)cc2O)cs1. The molecule has 1 unspecified atom stereocenters. The van der Waals surface area contributed by atoms with E-state index in [1.165, 1.54) is 23.5 Å². The average Bonchev–Trinajstić information content (AvgIpc) is 2.92. The Bertz CT molecular complexity index is 657. The summed E-state index contributed by atoms with van der Waals surface area (Å²) in [6, 6.07) is 4.28. The molecule has 1 aromatic carbocycles. The number of benzene rings is 1. The van der Waals surface area contributed by atoms with Crippen LogP contribution in [-0.4, -0.2) is 26.2 Å². The number of aromatic nitrogens is 1. The lowest BCUT2D eigenvalue weighted by Gasteiger charge is -2.06. The maximum absolute atomic E-state index is 10.6. The summed E-state index contributed by atoms with van der Waals surface area (Å²) in [5.41, 5.74) is 6.11. The summed E-state index contributed by atoms with van der Waals surface area (Å²) in [4.78, 5) is 15.0. The lowest BCUT2D eigenvalue weighted by Crippen LogP contribution is -2.09. The van der Waals surface area contributed by atoms with E-state index in [1.807, 2.05) is 0 Å². The molecule has 1 atom stereocenters. The van der Waals surface area contributed by atoms with Gasteiger partial charge in [0.15, 0.2) is 0 Å². The van der Waals surface area contributed by atoms with Crippen LogP contribution in [0.3, 0.4) is 0 Å². The van der Waals surface area contributed by atoms with Gasteiger partial charge in [-0.05, 0) is 31.4 Å². The molecule has 1 amide bonds. The van der Waals surface area contributed by atoms with Crippen molar-refractivity contribution in [2.75, 3.05) is 0 Å². The zero-order valence-electron chi connectivity index (χ0n) is 11.9. The van der Waals surface area contributed by atoms with Crippen molar-refractivity contribution in [3.05, 3.63) is 28.6 Å². The number of unbranched alkanes of at least 4 members (excludes halogenated alkanes) is 1. The number of aliphatic hydroxyl groups excluding tert-OH is 1. The number of nitrogens with zero attached hydrogens (tertiary/aromatic N) is 1. The summed E-state index contributed by atoms with van der Waals surface area (Å²) in [6.07, 6.45) is 1.44. The molecule has 118 valence electrons. The van der Waals surface area contributed by atoms with E-state index < -0.39 is 6.10 Å². The summed E-state index contributed by atoms with van der Waals surface area (Å²) in [5.74, 6) is -0.423. The van der Waals surface area contributed by atoms with Gasteiger partial charge in [-0.3, -0.25) is 4.79 Å². The lowest BCUT2D eigenvalue weighted by atomic mass is 10.1. The van der Waals surface area contributed by atoms with E-state index in [0.29, 0.717) is 41.9 Å². The average molecular weight is 322 g/mol. The fourth-order valence-corrected chi connectivity index (χ4v) is 2.90. The maximum atomic E-state index is 10.6. The summed E-state index contributed by atoms with van der Waals surface area (Å²) in [7, 11) is 0. The van der Waals surface area contributed by atoms with E-state index in [1.54, 1.807) is 11.4 Å². The molecule has 1 heterocycles. The zero-order valence-corrected chi connectivity index (χ0v) is 12.7. The molecule has 5 N–H and O–H groups in total. The third kappa shape index (κ3) is 4.19. The highest BCUT2D eigenvalue weighted by Crippen LogP contribution is 2.34. The number of thiazole rings is 1. The van der Waals surface area contributed by atoms with Gasteiger partial charge in [-0.25, -0.2) is 4.98 Å². The predicted molar refractivity (Wildman–Crippen MR) is 83.5 cm³/mol. The third-order valence-electron chi connectivity index (χ3n) is 3.22. The van der Waals surface area contributed by atoms with Crippen molar-refractivity contribution in [2.24, 2.45) is 5.73 Å². The van der Waals surface area contributed by atoms with Crippen LogP contribution >= 0.6 is 11.3 Å². The Morgan fingerprint density at radius 2 is 2.09 bits per heavy atom. The molecule has 22 heavy (non-hydrogen) atoms. The quantitative estimate of drug-likeness (QED) is 0.584. The Hall–Kier alpha value is -2.12. The molecule has 0 spiro atoms. The number of hydrogen-bond donors (Lipinski definition) is 4. The van der Waals surface area contributed by atoms with E-state index in [2.05, 4.69) is 4.98 Å². The molecule has 0 aliphatic rings. The Morgan fingerprint density at radius 3 is 2.77 bits per heavy atom. The minimum atomic E-state index is -0.703. The molecule has 0 radical (unpaired) electrons. The van der Waals surface area contributed by atoms with Gasteiger partial charge in [-0.2, -0.15) is 0 Å². The number of phenols is 2. The minimum absolute atomic E-state index is 0.0220. The molecular formula is C15H18N2O4S. The van der Waals surface area contributed by atoms with Crippen LogP contribution in [0.5, 0.6) is 11.5 Å². The second-order valence-corrected chi connectivity index (χ2v) is 5.89. The number of primary amides is 1. The van der Waals surface area contributed by atoms with Gasteiger partial charge in [0.05, 0.1) is 5.69 Å². The predicted octanol–water partition coefficient (Wildman–Crippen LogP) is 2.30. The summed E-state index contributed by atoms with van der Waals surface area (Å²) >= 11 is 1.30. The number of nitrogens with two attached hydrogens (primary N) is 1. The minimum Gasteiger partial charge on any atom is -0.508 e. The van der Waals surface area contributed by atoms with Gasteiger partial charge < -0.3 is 21.1 Å². The summed E-state index contributed by atoms with van der Waals surface area (Å²) in [5, 5.41) is 31.5. The second kappa shape index (κ2) is 7.24. The van der Waals surface area contributed by atoms with Crippen LogP contribution in [0.25, 0.3) is 11.3 Å². The number of rotatable bonds is 7. The van der Waals surface area contributed by atoms with Crippen molar-refractivity contribution >= 4 is 17.2 Å². The monoisotopic (exact) mass is 322 g/mol. The molecule has 6 nitrogen and oxygen atoms in total. The number of aromatic hydroxyl groups is 2. The third-order valence-corrected chi connectivity index (χ3v) is 4.16. The van der Waals surface area contributed by atoms with Crippen LogP contribution in [0, 0.1) is 0 Å². The number of aliphatic hydroxyl groups is 1. The molecule has 0 bridgehead atoms. The molecule has 0 saturated carbocycles. The van der Waals surface area contributed by atoms with Crippen molar-refractivity contribution in [1.29, 1.82) is 0 Å². The standard InChI is InChI=1S/C15H18N2O4S/c16-14(21)4-2-1-3-12(19)15-17-11(8-22-15)10-6-5-9(18)7-13(10)20/h5-8,12,18-20H,1-4H2,(H2,16,21). The topological polar surface area (TPSA) is 117 Å². The van der Waals surface area contributed by atoms with E-state index in [0.717, 1.165) is 0 Å². The number of carbonyl (C=O) groups is 1. The van der Waals surface area contributed by atoms with Crippen molar-refractivity contribution in [3.63, 3.8) is 0 Å². The van der Waals surface area contributed by atoms with Crippen molar-refractivity contribution in [3.8, 4) is 22.8 Å². The van der Waals surface area contributed by atoms with Crippen molar-refractivity contribution < 1.29 is 20.1 Å². The number of hydrogen-bond acceptors (Lipinski definition) is 6. The molecule has 7 heteroatoms. The summed E-state index contributed by atoms with van der Waals surface area (Å²) in [6.45, 7) is 0. The molecule has 0 fully saturated rings. The van der Waals surface area contributed by atoms with Gasteiger partial charge in [0, 0.05) is 23.4 Å². The van der Waals surface area contributed by atoms with E-state index in [9.17, 15) is 20.1 Å². The first kappa shape index (κ1) is 16.3. The molecule has 0 saturated heterocycles. The Labute approximate surface area is 131 Å². The Kier molecular flexibility index (Phi) is 5.35. The second-order valence-electron chi connectivity index (χ2n) is 5.00. The first-order valence-corrected chi connectivity index (χ1v) is 7.79. The molecule has 2 aromatic rings. The molecule has 0 aliphatic heterocycles. The van der Waals surface area contributed by atoms with E-state index in [4.69, 9.17) is 5.73 Å². The Morgan fingerprint density at radius 1 is 1.32 bits per heavy atom. The highest BCUT2D eigenvalue weighted by atomic mass is 32.1. The first-order chi connectivity index (χ1) is 10.5. The van der Waals surface area contributed by atoms with Gasteiger partial charge >= 0.3 is 0 Å². The van der Waals surface area contributed by atoms with Crippen LogP contribution in [0.2, 0.25) is 0 Å². The lowest BCUT2D eigenvalue weighted by molar-refractivity contribution is -0.118. The number of carbonyl (C=O) groups excluding carboxylic acids is 1. The fourth-order valence-electron chi connectivity index (χ4n) is 2.06. The molecular weight excluding hydrogens is 304 g/mol. The normalized spacial score (nSPS) is 12.2. The van der Waals surface area contributed by atoms with E-state index in [-0.39, 0.29) is 17.4 Å². The largest absolute Gasteiger partial charge is 0.508 e. The van der Waals surface area contributed by atoms with E-state index >= 15 is 0 Å². The van der Waals surface area contributed by atoms with Gasteiger partial charge in [0.2, 0.25) is 5.91 Å². The number of phenolic OH excluding ortho intramolecular Hbond substituents is 2. The molecule has 0 aliphatic carbocycles. The van der Waals surface area contributed by atoms with Gasteiger partial charge in [-0.15, -0.1) is 11.3 Å². The van der Waals surface area contributed by atoms with Crippen molar-refractivity contribution in [1.82, 2.24) is 4.98 Å². The first-order valence-electron chi connectivity index (χ1n) is 6.91. The highest BCUT2D eigenvalue weighted by Gasteiger charge is 2.15. The Balaban J connectivity index is 2.00. The van der Waals surface area contributed by atoms with Crippen LogP contribution in [0.1, 0.15) is 36.8 Å². The molecule has 1 aromatic heterocycles. The van der Waals surface area contributed by atoms with Crippen LogP contribution in [0.4, 0.5) is 0 Å². The van der Waals surface area contributed by atoms with Gasteiger partial charge in [0.1, 0.15) is 22.6 Å². The maximum Gasteiger partial charge on any atom is 0.217 e. The zero-order chi connectivity index (χ0) is 16.1. The smallest absolute Gasteiger partial charge is 0.217 e. The number of amides is 1. The summed E-state index contributed by atoms with van der Waals surface area (Å²) < 4.78 is 0. The highest BCUT2D eigenvalue weighted by molar-refractivity contribution is 7.10. The van der Waals surface area contributed by atoms with Crippen LogP contribution < -0.4 is 5.73 Å². The van der Waals surface area contributed by atoms with Crippen LogP contribution in [0.15, 0.2) is 23.6 Å². The van der Waals surface area contributed by atoms with Crippen molar-refractivity contribution in [2.45, 2.75) is 31.8 Å². The van der Waals surface area contributed by atoms with Gasteiger partial charge in [0.25, 0.3) is 0 Å². The fraction of sp³-hybridized carbons (Fsp3) is 0.333.